The van der Waals surface area contributed by atoms with Crippen molar-refractivity contribution in [3.05, 3.63) is 33.3 Å². The predicted octanol–water partition coefficient (Wildman–Crippen LogP) is 0.907. The van der Waals surface area contributed by atoms with Gasteiger partial charge < -0.3 is 5.11 Å². The van der Waals surface area contributed by atoms with Crippen molar-refractivity contribution in [1.29, 1.82) is 0 Å². The molecule has 18 heavy (non-hydrogen) atoms. The third kappa shape index (κ3) is 3.64. The van der Waals surface area contributed by atoms with Gasteiger partial charge in [0.15, 0.2) is 0 Å². The number of hydrogen-bond acceptors (Lipinski definition) is 5. The van der Waals surface area contributed by atoms with Gasteiger partial charge in [0.25, 0.3) is 5.69 Å². The van der Waals surface area contributed by atoms with Gasteiger partial charge in [-0.25, -0.2) is 13.1 Å². The lowest BCUT2D eigenvalue weighted by atomic mass is 10.3. The van der Waals surface area contributed by atoms with Gasteiger partial charge >= 0.3 is 0 Å². The molecule has 7 nitrogen and oxygen atoms in total. The molecular formula is C9H11ClN2O5S. The summed E-state index contributed by atoms with van der Waals surface area (Å²) in [5.41, 5.74) is -0.297. The summed E-state index contributed by atoms with van der Waals surface area (Å²) in [6, 6.07) is 3.05. The number of nitro benzene ring substituents is 1. The first kappa shape index (κ1) is 14.8. The number of hydrogen-bond donors (Lipinski definition) is 2. The minimum absolute atomic E-state index is 0.171. The Morgan fingerprint density at radius 1 is 1.56 bits per heavy atom. The van der Waals surface area contributed by atoms with Gasteiger partial charge in [-0.2, -0.15) is 0 Å². The van der Waals surface area contributed by atoms with Crippen molar-refractivity contribution in [1.82, 2.24) is 4.72 Å². The Hall–Kier alpha value is -1.22. The zero-order valence-electron chi connectivity index (χ0n) is 9.33. The molecule has 0 fully saturated rings. The summed E-state index contributed by atoms with van der Waals surface area (Å²) in [5.74, 6) is 0. The van der Waals surface area contributed by atoms with E-state index in [1.54, 1.807) is 0 Å². The van der Waals surface area contributed by atoms with E-state index in [1.807, 2.05) is 0 Å². The van der Waals surface area contributed by atoms with Crippen LogP contribution < -0.4 is 4.72 Å². The van der Waals surface area contributed by atoms with Gasteiger partial charge in [0.1, 0.15) is 4.90 Å². The first-order valence-corrected chi connectivity index (χ1v) is 6.72. The van der Waals surface area contributed by atoms with Crippen molar-refractivity contribution in [2.24, 2.45) is 0 Å². The summed E-state index contributed by atoms with van der Waals surface area (Å²) < 4.78 is 25.7. The topological polar surface area (TPSA) is 110 Å². The number of nitro groups is 1. The van der Waals surface area contributed by atoms with E-state index in [9.17, 15) is 18.5 Å². The molecule has 0 unspecified atom stereocenters. The number of rotatable bonds is 5. The molecule has 1 aromatic rings. The van der Waals surface area contributed by atoms with Gasteiger partial charge in [0, 0.05) is 18.7 Å². The highest BCUT2D eigenvalue weighted by Crippen LogP contribution is 2.25. The molecule has 0 aromatic heterocycles. The molecular weight excluding hydrogens is 284 g/mol. The van der Waals surface area contributed by atoms with Crippen LogP contribution in [0.4, 0.5) is 5.69 Å². The van der Waals surface area contributed by atoms with Gasteiger partial charge in [0.05, 0.1) is 16.0 Å². The van der Waals surface area contributed by atoms with E-state index in [0.717, 1.165) is 18.2 Å². The Morgan fingerprint density at radius 3 is 2.61 bits per heavy atom. The van der Waals surface area contributed by atoms with Gasteiger partial charge in [-0.15, -0.1) is 0 Å². The predicted molar refractivity (Wildman–Crippen MR) is 65.0 cm³/mol. The van der Waals surface area contributed by atoms with Crippen LogP contribution in [-0.2, 0) is 10.0 Å². The van der Waals surface area contributed by atoms with E-state index in [0.29, 0.717) is 0 Å². The lowest BCUT2D eigenvalue weighted by molar-refractivity contribution is -0.384. The van der Waals surface area contributed by atoms with Crippen molar-refractivity contribution >= 4 is 27.3 Å². The van der Waals surface area contributed by atoms with Crippen LogP contribution in [0.1, 0.15) is 6.92 Å². The second-order valence-electron chi connectivity index (χ2n) is 3.57. The first-order chi connectivity index (χ1) is 8.24. The highest BCUT2D eigenvalue weighted by Gasteiger charge is 2.20. The summed E-state index contributed by atoms with van der Waals surface area (Å²) in [4.78, 5) is 9.53. The van der Waals surface area contributed by atoms with Crippen LogP contribution in [0.15, 0.2) is 23.1 Å². The van der Waals surface area contributed by atoms with Gasteiger partial charge in [-0.1, -0.05) is 11.6 Å². The quantitative estimate of drug-likeness (QED) is 0.619. The molecule has 0 spiro atoms. The highest BCUT2D eigenvalue weighted by molar-refractivity contribution is 7.89. The van der Waals surface area contributed by atoms with Crippen molar-refractivity contribution < 1.29 is 18.4 Å². The number of nitrogens with one attached hydrogen (secondary N) is 1. The Labute approximate surface area is 109 Å². The van der Waals surface area contributed by atoms with Gasteiger partial charge in [-0.3, -0.25) is 10.1 Å². The van der Waals surface area contributed by atoms with Crippen LogP contribution >= 0.6 is 11.6 Å². The molecule has 0 heterocycles. The van der Waals surface area contributed by atoms with Crippen LogP contribution in [-0.4, -0.2) is 31.1 Å². The van der Waals surface area contributed by atoms with Crippen LogP contribution in [0.3, 0.4) is 0 Å². The molecule has 0 saturated heterocycles. The standard InChI is InChI=1S/C9H11ClN2O5S/c1-6(13)5-11-18(16,17)9-3-2-7(12(14)15)4-8(9)10/h2-4,6,11,13H,5H2,1H3/t6-/m0/s1. The van der Waals surface area contributed by atoms with Crippen LogP contribution in [0.2, 0.25) is 5.02 Å². The van der Waals surface area contributed by atoms with Crippen molar-refractivity contribution in [2.45, 2.75) is 17.9 Å². The number of non-ortho nitro benzene ring substituents is 1. The Bertz CT molecular complexity index is 558. The van der Waals surface area contributed by atoms with Gasteiger partial charge in [-0.05, 0) is 13.0 Å². The summed E-state index contributed by atoms with van der Waals surface area (Å²) in [7, 11) is -3.89. The molecule has 0 radical (unpaired) electrons. The minimum Gasteiger partial charge on any atom is -0.392 e. The smallest absolute Gasteiger partial charge is 0.271 e. The van der Waals surface area contributed by atoms with Crippen molar-refractivity contribution in [3.8, 4) is 0 Å². The van der Waals surface area contributed by atoms with Crippen molar-refractivity contribution in [3.63, 3.8) is 0 Å². The number of benzene rings is 1. The van der Waals surface area contributed by atoms with E-state index in [2.05, 4.69) is 4.72 Å². The maximum absolute atomic E-state index is 11.8. The average molecular weight is 295 g/mol. The molecule has 0 bridgehead atoms. The third-order valence-electron chi connectivity index (χ3n) is 1.98. The SMILES string of the molecule is C[C@H](O)CNS(=O)(=O)c1ccc([N+](=O)[O-])cc1Cl. The second-order valence-corrected chi connectivity index (χ2v) is 5.72. The normalized spacial score (nSPS) is 13.3. The monoisotopic (exact) mass is 294 g/mol. The molecule has 100 valence electrons. The number of aliphatic hydroxyl groups excluding tert-OH is 1. The highest BCUT2D eigenvalue weighted by atomic mass is 35.5. The van der Waals surface area contributed by atoms with Crippen LogP contribution in [0, 0.1) is 10.1 Å². The summed E-state index contributed by atoms with van der Waals surface area (Å²) >= 11 is 5.69. The fourth-order valence-corrected chi connectivity index (χ4v) is 2.79. The van der Waals surface area contributed by atoms with E-state index in [-0.39, 0.29) is 22.2 Å². The average Bonchev–Trinajstić information content (AvgIpc) is 2.26. The maximum Gasteiger partial charge on any atom is 0.271 e. The maximum atomic E-state index is 11.8. The number of sulfonamides is 1. The van der Waals surface area contributed by atoms with E-state index in [4.69, 9.17) is 16.7 Å². The zero-order valence-corrected chi connectivity index (χ0v) is 10.9. The van der Waals surface area contributed by atoms with E-state index < -0.39 is 21.1 Å². The first-order valence-electron chi connectivity index (χ1n) is 4.85. The molecule has 1 aromatic carbocycles. The second kappa shape index (κ2) is 5.61. The third-order valence-corrected chi connectivity index (χ3v) is 3.89. The fourth-order valence-electron chi connectivity index (χ4n) is 1.13. The molecule has 1 rings (SSSR count). The van der Waals surface area contributed by atoms with Crippen LogP contribution in [0.5, 0.6) is 0 Å². The van der Waals surface area contributed by atoms with E-state index >= 15 is 0 Å². The molecule has 0 aliphatic carbocycles. The number of aliphatic hydroxyl groups is 1. The summed E-state index contributed by atoms with van der Waals surface area (Å²) in [6.07, 6.45) is -0.850. The van der Waals surface area contributed by atoms with Crippen molar-refractivity contribution in [2.75, 3.05) is 6.54 Å². The summed E-state index contributed by atoms with van der Waals surface area (Å²) in [5, 5.41) is 19.2. The molecule has 0 saturated carbocycles. The van der Waals surface area contributed by atoms with Crippen LogP contribution in [0.25, 0.3) is 0 Å². The Morgan fingerprint density at radius 2 is 2.17 bits per heavy atom. The van der Waals surface area contributed by atoms with Gasteiger partial charge in [0.2, 0.25) is 10.0 Å². The van der Waals surface area contributed by atoms with E-state index in [1.165, 1.54) is 6.92 Å². The largest absolute Gasteiger partial charge is 0.392 e. The summed E-state index contributed by atoms with van der Waals surface area (Å²) in [6.45, 7) is 1.25. The Balaban J connectivity index is 3.06. The molecule has 0 amide bonds. The number of nitrogens with zero attached hydrogens (tertiary/aromatic N) is 1. The lowest BCUT2D eigenvalue weighted by Gasteiger charge is -2.09. The molecule has 0 aliphatic heterocycles. The molecule has 9 heteroatoms. The zero-order chi connectivity index (χ0) is 13.9. The Kier molecular flexibility index (Phi) is 4.63. The molecule has 2 N–H and O–H groups in total. The minimum atomic E-state index is -3.89. The lowest BCUT2D eigenvalue weighted by Crippen LogP contribution is -2.30. The number of halogens is 1. The molecule has 1 atom stereocenters. The molecule has 0 aliphatic rings. The fraction of sp³-hybridized carbons (Fsp3) is 0.333.